The van der Waals surface area contributed by atoms with Crippen LogP contribution in [0, 0.1) is 0 Å². The average molecular weight is 400 g/mol. The number of benzene rings is 1. The quantitative estimate of drug-likeness (QED) is 0.484. The summed E-state index contributed by atoms with van der Waals surface area (Å²) in [5.74, 6) is -0.371. The summed E-state index contributed by atoms with van der Waals surface area (Å²) in [7, 11) is -3.64. The zero-order chi connectivity index (χ0) is 17.5. The van der Waals surface area contributed by atoms with Crippen LogP contribution in [-0.4, -0.2) is 47.5 Å². The number of rotatable bonds is 10. The van der Waals surface area contributed by atoms with Crippen molar-refractivity contribution in [3.05, 3.63) is 29.8 Å². The van der Waals surface area contributed by atoms with E-state index in [0.29, 0.717) is 30.0 Å². The van der Waals surface area contributed by atoms with Crippen LogP contribution >= 0.6 is 0 Å². The predicted molar refractivity (Wildman–Crippen MR) is 92.8 cm³/mol. The van der Waals surface area contributed by atoms with E-state index in [1.54, 1.807) is 12.1 Å². The van der Waals surface area contributed by atoms with Crippen LogP contribution in [0.15, 0.2) is 29.2 Å². The van der Waals surface area contributed by atoms with Crippen LogP contribution in [0.25, 0.3) is 0 Å². The molecule has 128 valence electrons. The molecule has 0 heterocycles. The molecule has 0 saturated carbocycles. The maximum absolute atomic E-state index is 12.7. The van der Waals surface area contributed by atoms with Crippen molar-refractivity contribution in [1.82, 2.24) is 0 Å². The normalized spacial score (nSPS) is 12.3. The van der Waals surface area contributed by atoms with Crippen molar-refractivity contribution in [3.63, 3.8) is 0 Å². The van der Waals surface area contributed by atoms with Crippen molar-refractivity contribution in [1.29, 1.82) is 0 Å². The Balaban J connectivity index is 3.08. The molecule has 0 aliphatic carbocycles. The van der Waals surface area contributed by atoms with Gasteiger partial charge in [-0.25, -0.2) is 0 Å². The van der Waals surface area contributed by atoms with Crippen molar-refractivity contribution >= 4 is 32.5 Å². The Bertz CT molecular complexity index is 619. The molecule has 2 radical (unpaired) electrons. The van der Waals surface area contributed by atoms with Crippen LogP contribution in [0.4, 0.5) is 0 Å². The van der Waals surface area contributed by atoms with E-state index < -0.39 is 15.4 Å². The Hall–Kier alpha value is -0.642. The number of hydrogen-bond acceptors (Lipinski definition) is 4. The fourth-order valence-corrected chi connectivity index (χ4v) is 4.93. The zero-order valence-electron chi connectivity index (χ0n) is 13.8. The molecule has 1 N–H and O–H groups in total. The van der Waals surface area contributed by atoms with Gasteiger partial charge in [-0.05, 0) is 0 Å². The van der Waals surface area contributed by atoms with Crippen molar-refractivity contribution in [3.8, 4) is 0 Å². The summed E-state index contributed by atoms with van der Waals surface area (Å²) in [6, 6.07) is 6.14. The fourth-order valence-electron chi connectivity index (χ4n) is 2.75. The summed E-state index contributed by atoms with van der Waals surface area (Å²) in [4.78, 5) is 12.1. The fraction of sp³-hybridized carbons (Fsp3) is 0.588. The van der Waals surface area contributed by atoms with Crippen molar-refractivity contribution < 1.29 is 18.3 Å². The van der Waals surface area contributed by atoms with E-state index in [-0.39, 0.29) is 16.4 Å². The number of carbonyl (C=O) groups excluding carboxylic acids is 1. The molecule has 0 atom stereocenters. The molecule has 0 amide bonds. The van der Waals surface area contributed by atoms with E-state index in [0.717, 1.165) is 12.8 Å². The molecular weight excluding hydrogens is 375 g/mol. The molecule has 0 aliphatic heterocycles. The number of aliphatic hydroxyl groups is 1. The van der Waals surface area contributed by atoms with Gasteiger partial charge >= 0.3 is 148 Å². The summed E-state index contributed by atoms with van der Waals surface area (Å²) in [6.07, 6.45) is 2.72. The van der Waals surface area contributed by atoms with Gasteiger partial charge in [0.1, 0.15) is 0 Å². The monoisotopic (exact) mass is 400 g/mol. The van der Waals surface area contributed by atoms with Gasteiger partial charge in [0.25, 0.3) is 0 Å². The van der Waals surface area contributed by atoms with Gasteiger partial charge in [0.2, 0.25) is 0 Å². The summed E-state index contributed by atoms with van der Waals surface area (Å²) < 4.78 is 25.3. The van der Waals surface area contributed by atoms with Gasteiger partial charge in [-0.2, -0.15) is 0 Å². The van der Waals surface area contributed by atoms with E-state index in [1.807, 2.05) is 13.8 Å². The van der Waals surface area contributed by atoms with Crippen molar-refractivity contribution in [2.45, 2.75) is 61.7 Å². The first-order chi connectivity index (χ1) is 10.8. The number of sulfone groups is 1. The van der Waals surface area contributed by atoms with Gasteiger partial charge in [-0.15, -0.1) is 0 Å². The van der Waals surface area contributed by atoms with Gasteiger partial charge in [0.15, 0.2) is 0 Å². The zero-order valence-corrected chi connectivity index (χ0v) is 16.5. The number of hydrogen-bond donors (Lipinski definition) is 1. The molecule has 1 rings (SSSR count). The molecule has 0 unspecified atom stereocenters. The van der Waals surface area contributed by atoms with E-state index in [9.17, 15) is 18.3 Å². The molecule has 0 aromatic heterocycles. The Morgan fingerprint density at radius 3 is 2.35 bits per heavy atom. The standard InChI is InChI=1S/C17H25AsO4S/c1-3-9-17(20,10-4-2)13-23(21,22)15-7-5-6-14(12-15)16(19)8-11-18/h5-7,12,20H,3-4,8-11,13H2,1-2H3. The van der Waals surface area contributed by atoms with Crippen molar-refractivity contribution in [2.75, 3.05) is 5.75 Å². The third-order valence-corrected chi connectivity index (χ3v) is 6.10. The number of carbonyl (C=O) groups is 1. The van der Waals surface area contributed by atoms with E-state index in [4.69, 9.17) is 0 Å². The molecule has 1 aromatic carbocycles. The van der Waals surface area contributed by atoms with Crippen LogP contribution in [0.1, 0.15) is 56.3 Å². The maximum atomic E-state index is 12.7. The minimum atomic E-state index is -3.64. The van der Waals surface area contributed by atoms with E-state index >= 15 is 0 Å². The van der Waals surface area contributed by atoms with Crippen LogP contribution < -0.4 is 0 Å². The summed E-state index contributed by atoms with van der Waals surface area (Å²) in [5.41, 5.74) is -0.796. The van der Waals surface area contributed by atoms with E-state index in [2.05, 4.69) is 16.9 Å². The molecule has 0 fully saturated rings. The molecule has 23 heavy (non-hydrogen) atoms. The molecule has 0 bridgehead atoms. The Labute approximate surface area is 148 Å². The predicted octanol–water partition coefficient (Wildman–Crippen LogP) is 2.95. The summed E-state index contributed by atoms with van der Waals surface area (Å²) >= 11 is 2.34. The van der Waals surface area contributed by atoms with Crippen LogP contribution in [-0.2, 0) is 9.84 Å². The molecule has 0 spiro atoms. The van der Waals surface area contributed by atoms with Gasteiger partial charge < -0.3 is 0 Å². The summed E-state index contributed by atoms with van der Waals surface area (Å²) in [6.45, 7) is 3.85. The second-order valence-electron chi connectivity index (χ2n) is 5.91. The summed E-state index contributed by atoms with van der Waals surface area (Å²) in [5, 5.41) is 11.3. The van der Waals surface area contributed by atoms with Gasteiger partial charge in [-0.3, -0.25) is 0 Å². The number of Topliss-reactive ketones (excluding diaryl/α,β-unsaturated/α-hetero) is 1. The molecule has 4 nitrogen and oxygen atoms in total. The van der Waals surface area contributed by atoms with Gasteiger partial charge in [-0.1, -0.05) is 0 Å². The number of ketones is 1. The Morgan fingerprint density at radius 1 is 1.22 bits per heavy atom. The van der Waals surface area contributed by atoms with Crippen molar-refractivity contribution in [2.24, 2.45) is 0 Å². The average Bonchev–Trinajstić information content (AvgIpc) is 2.47. The Kier molecular flexibility index (Phi) is 7.99. The first kappa shape index (κ1) is 20.4. The van der Waals surface area contributed by atoms with Gasteiger partial charge in [0, 0.05) is 0 Å². The SMILES string of the molecule is CCCC(O)(CCC)CS(=O)(=O)c1cccc(C(=O)CC[As])c1. The molecule has 0 saturated heterocycles. The molecule has 0 aliphatic rings. The first-order valence-corrected chi connectivity index (χ1v) is 10.9. The first-order valence-electron chi connectivity index (χ1n) is 7.97. The van der Waals surface area contributed by atoms with Gasteiger partial charge in [0.05, 0.1) is 0 Å². The van der Waals surface area contributed by atoms with Crippen LogP contribution in [0.2, 0.25) is 5.21 Å². The topological polar surface area (TPSA) is 71.4 Å². The molecular formula is C17H25AsO4S. The Morgan fingerprint density at radius 2 is 1.83 bits per heavy atom. The second kappa shape index (κ2) is 9.00. The third-order valence-electron chi connectivity index (χ3n) is 3.74. The van der Waals surface area contributed by atoms with E-state index in [1.165, 1.54) is 12.1 Å². The van der Waals surface area contributed by atoms with Crippen LogP contribution in [0.5, 0.6) is 0 Å². The molecule has 6 heteroatoms. The third kappa shape index (κ3) is 6.05. The second-order valence-corrected chi connectivity index (χ2v) is 8.84. The minimum absolute atomic E-state index is 0.0694. The molecule has 1 aromatic rings. The van der Waals surface area contributed by atoms with Crippen LogP contribution in [0.3, 0.4) is 0 Å².